The third-order valence-corrected chi connectivity index (χ3v) is 6.02. The van der Waals surface area contributed by atoms with Gasteiger partial charge in [-0.3, -0.25) is 9.88 Å². The number of methoxy groups -OCH3 is 1. The number of fused-ring (bicyclic) bond motifs is 1. The van der Waals surface area contributed by atoms with Gasteiger partial charge in [-0.05, 0) is 44.2 Å². The van der Waals surface area contributed by atoms with E-state index in [0.717, 1.165) is 60.0 Å². The van der Waals surface area contributed by atoms with Crippen LogP contribution in [0, 0.1) is 0 Å². The van der Waals surface area contributed by atoms with Gasteiger partial charge in [0, 0.05) is 43.0 Å². The average Bonchev–Trinajstić information content (AvgIpc) is 2.83. The lowest BCUT2D eigenvalue weighted by Gasteiger charge is -2.43. The Hall–Kier alpha value is -2.81. The number of hydrogen-bond acceptors (Lipinski definition) is 8. The summed E-state index contributed by atoms with van der Waals surface area (Å²) in [5, 5.41) is 0.923. The van der Waals surface area contributed by atoms with Gasteiger partial charge in [-0.25, -0.2) is 9.97 Å². The highest BCUT2D eigenvalue weighted by Crippen LogP contribution is 2.25. The van der Waals surface area contributed by atoms with Crippen molar-refractivity contribution in [2.24, 2.45) is 0 Å². The third-order valence-electron chi connectivity index (χ3n) is 6.02. The van der Waals surface area contributed by atoms with Crippen molar-refractivity contribution in [3.63, 3.8) is 0 Å². The lowest BCUT2D eigenvalue weighted by atomic mass is 10.1. The molecule has 168 valence electrons. The van der Waals surface area contributed by atoms with Crippen molar-refractivity contribution >= 4 is 16.9 Å². The van der Waals surface area contributed by atoms with Gasteiger partial charge in [-0.15, -0.1) is 0 Å². The number of anilines is 1. The summed E-state index contributed by atoms with van der Waals surface area (Å²) in [7, 11) is 1.66. The molecule has 2 aromatic heterocycles. The van der Waals surface area contributed by atoms with Crippen molar-refractivity contribution in [3.05, 3.63) is 42.7 Å². The quantitative estimate of drug-likeness (QED) is 0.619. The van der Waals surface area contributed by atoms with Crippen LogP contribution in [0.5, 0.6) is 5.75 Å². The van der Waals surface area contributed by atoms with Crippen LogP contribution in [0.4, 0.5) is 5.95 Å². The molecule has 8 nitrogen and oxygen atoms in total. The molecule has 0 amide bonds. The first-order valence-electron chi connectivity index (χ1n) is 11.1. The summed E-state index contributed by atoms with van der Waals surface area (Å²) in [6.07, 6.45) is 4.12. The van der Waals surface area contributed by atoms with Crippen LogP contribution >= 0.6 is 0 Å². The van der Waals surface area contributed by atoms with E-state index >= 15 is 0 Å². The highest BCUT2D eigenvalue weighted by Gasteiger charge is 2.32. The summed E-state index contributed by atoms with van der Waals surface area (Å²) >= 11 is 0. The Morgan fingerprint density at radius 2 is 1.75 bits per heavy atom. The van der Waals surface area contributed by atoms with Crippen molar-refractivity contribution in [1.82, 2.24) is 19.9 Å². The summed E-state index contributed by atoms with van der Waals surface area (Å²) in [6.45, 7) is 8.14. The van der Waals surface area contributed by atoms with E-state index in [2.05, 4.69) is 33.6 Å². The van der Waals surface area contributed by atoms with Crippen LogP contribution in [0.3, 0.4) is 0 Å². The molecule has 3 aromatic rings. The third kappa shape index (κ3) is 4.39. The summed E-state index contributed by atoms with van der Waals surface area (Å²) < 4.78 is 17.2. The molecule has 0 spiro atoms. The fourth-order valence-electron chi connectivity index (χ4n) is 4.47. The van der Waals surface area contributed by atoms with Gasteiger partial charge in [0.1, 0.15) is 12.0 Å². The molecule has 4 heterocycles. The minimum Gasteiger partial charge on any atom is -0.497 e. The zero-order valence-corrected chi connectivity index (χ0v) is 18.8. The summed E-state index contributed by atoms with van der Waals surface area (Å²) in [4.78, 5) is 18.7. The molecule has 8 heteroatoms. The van der Waals surface area contributed by atoms with E-state index in [1.54, 1.807) is 7.11 Å². The van der Waals surface area contributed by atoms with Crippen LogP contribution in [0.15, 0.2) is 42.7 Å². The summed E-state index contributed by atoms with van der Waals surface area (Å²) in [5.74, 6) is 1.55. The van der Waals surface area contributed by atoms with Crippen molar-refractivity contribution in [3.8, 4) is 17.0 Å². The second-order valence-corrected chi connectivity index (χ2v) is 8.51. The minimum absolute atomic E-state index is 0.0177. The van der Waals surface area contributed by atoms with Crippen LogP contribution < -0.4 is 9.64 Å². The molecule has 2 aliphatic heterocycles. The predicted octanol–water partition coefficient (Wildman–Crippen LogP) is 2.97. The first-order chi connectivity index (χ1) is 15.6. The molecule has 32 heavy (non-hydrogen) atoms. The molecule has 0 radical (unpaired) electrons. The van der Waals surface area contributed by atoms with E-state index in [4.69, 9.17) is 19.2 Å². The molecule has 0 saturated carbocycles. The SMILES string of the molecule is COc1ccc(-c2cc3nc(N4CCOC(N5CC(C)OC(C)C5)C4)ncc3cn2)cc1. The molecule has 2 fully saturated rings. The largest absolute Gasteiger partial charge is 0.497 e. The Kier molecular flexibility index (Phi) is 5.91. The lowest BCUT2D eigenvalue weighted by molar-refractivity contribution is -0.142. The molecule has 3 atom stereocenters. The van der Waals surface area contributed by atoms with Crippen molar-refractivity contribution in [1.29, 1.82) is 0 Å². The van der Waals surface area contributed by atoms with Gasteiger partial charge in [0.2, 0.25) is 5.95 Å². The van der Waals surface area contributed by atoms with Gasteiger partial charge in [-0.2, -0.15) is 0 Å². The topological polar surface area (TPSA) is 72.8 Å². The summed E-state index contributed by atoms with van der Waals surface area (Å²) in [6, 6.07) is 9.91. The van der Waals surface area contributed by atoms with Gasteiger partial charge in [0.25, 0.3) is 0 Å². The van der Waals surface area contributed by atoms with E-state index < -0.39 is 0 Å². The Morgan fingerprint density at radius 3 is 2.50 bits per heavy atom. The maximum absolute atomic E-state index is 6.10. The lowest BCUT2D eigenvalue weighted by Crippen LogP contribution is -2.57. The molecule has 2 aliphatic rings. The van der Waals surface area contributed by atoms with Crippen LogP contribution in [-0.4, -0.2) is 78.2 Å². The Morgan fingerprint density at radius 1 is 1.00 bits per heavy atom. The number of pyridine rings is 1. The minimum atomic E-state index is 0.0177. The van der Waals surface area contributed by atoms with Gasteiger partial charge in [0.15, 0.2) is 0 Å². The zero-order valence-electron chi connectivity index (χ0n) is 18.8. The number of aromatic nitrogens is 3. The van der Waals surface area contributed by atoms with Crippen molar-refractivity contribution in [2.45, 2.75) is 32.3 Å². The monoisotopic (exact) mass is 435 g/mol. The molecular weight excluding hydrogens is 406 g/mol. The molecular formula is C24H29N5O3. The smallest absolute Gasteiger partial charge is 0.226 e. The van der Waals surface area contributed by atoms with Crippen LogP contribution in [-0.2, 0) is 9.47 Å². The fraction of sp³-hybridized carbons (Fsp3) is 0.458. The number of nitrogens with zero attached hydrogens (tertiary/aromatic N) is 5. The molecule has 5 rings (SSSR count). The number of benzene rings is 1. The van der Waals surface area contributed by atoms with E-state index in [-0.39, 0.29) is 18.4 Å². The van der Waals surface area contributed by atoms with Gasteiger partial charge in [-0.1, -0.05) is 0 Å². The normalized spacial score (nSPS) is 24.6. The van der Waals surface area contributed by atoms with Crippen molar-refractivity contribution in [2.75, 3.05) is 44.8 Å². The highest BCUT2D eigenvalue weighted by molar-refractivity contribution is 5.82. The van der Waals surface area contributed by atoms with E-state index in [1.165, 1.54) is 0 Å². The number of morpholine rings is 2. The van der Waals surface area contributed by atoms with E-state index in [1.807, 2.05) is 42.7 Å². The second kappa shape index (κ2) is 8.97. The number of ether oxygens (including phenoxy) is 3. The predicted molar refractivity (Wildman–Crippen MR) is 123 cm³/mol. The number of rotatable bonds is 4. The Labute approximate surface area is 188 Å². The van der Waals surface area contributed by atoms with E-state index in [0.29, 0.717) is 6.61 Å². The van der Waals surface area contributed by atoms with E-state index in [9.17, 15) is 0 Å². The molecule has 0 aliphatic carbocycles. The second-order valence-electron chi connectivity index (χ2n) is 8.51. The molecule has 0 N–H and O–H groups in total. The Bertz CT molecular complexity index is 1070. The fourth-order valence-corrected chi connectivity index (χ4v) is 4.47. The summed E-state index contributed by atoms with van der Waals surface area (Å²) in [5.41, 5.74) is 2.78. The first kappa shape index (κ1) is 21.1. The van der Waals surface area contributed by atoms with Crippen LogP contribution in [0.25, 0.3) is 22.2 Å². The number of hydrogen-bond donors (Lipinski definition) is 0. The standard InChI is InChI=1S/C24H29N5O3/c1-16-13-29(14-17(2)32-16)23-15-28(8-9-31-23)24-26-12-19-11-25-21(10-22(19)27-24)18-4-6-20(30-3)7-5-18/h4-7,10-12,16-17,23H,8-9,13-15H2,1-3H3. The Balaban J connectivity index is 1.37. The first-order valence-corrected chi connectivity index (χ1v) is 11.1. The van der Waals surface area contributed by atoms with Crippen LogP contribution in [0.2, 0.25) is 0 Å². The van der Waals surface area contributed by atoms with Crippen LogP contribution in [0.1, 0.15) is 13.8 Å². The maximum Gasteiger partial charge on any atom is 0.226 e. The zero-order chi connectivity index (χ0) is 22.1. The highest BCUT2D eigenvalue weighted by atomic mass is 16.5. The van der Waals surface area contributed by atoms with Gasteiger partial charge in [0.05, 0.1) is 43.7 Å². The maximum atomic E-state index is 6.10. The average molecular weight is 436 g/mol. The molecule has 3 unspecified atom stereocenters. The molecule has 0 bridgehead atoms. The van der Waals surface area contributed by atoms with Gasteiger partial charge >= 0.3 is 0 Å². The van der Waals surface area contributed by atoms with Gasteiger partial charge < -0.3 is 19.1 Å². The van der Waals surface area contributed by atoms with Crippen molar-refractivity contribution < 1.29 is 14.2 Å². The molecule has 1 aromatic carbocycles. The molecule has 2 saturated heterocycles.